The molecule has 0 amide bonds. The number of aryl methyl sites for hydroxylation is 1. The predicted octanol–water partition coefficient (Wildman–Crippen LogP) is 4.60. The summed E-state index contributed by atoms with van der Waals surface area (Å²) in [7, 11) is 0.528. The number of aromatic nitrogens is 1. The molecule has 2 heterocycles. The van der Waals surface area contributed by atoms with Gasteiger partial charge < -0.3 is 9.45 Å². The summed E-state index contributed by atoms with van der Waals surface area (Å²) in [5.74, 6) is 0. The summed E-state index contributed by atoms with van der Waals surface area (Å²) < 4.78 is 33.2. The van der Waals surface area contributed by atoms with Crippen LogP contribution in [0, 0.1) is 0 Å². The van der Waals surface area contributed by atoms with E-state index in [1.807, 2.05) is 30.3 Å². The number of thioether (sulfide) groups is 1. The number of nitrogens with zero attached hydrogens (tertiary/aromatic N) is 2. The first-order valence-corrected chi connectivity index (χ1v) is 11.5. The molecule has 0 N–H and O–H groups in total. The van der Waals surface area contributed by atoms with Gasteiger partial charge in [0.05, 0.1) is 17.8 Å². The Morgan fingerprint density at radius 2 is 1.70 bits per heavy atom. The van der Waals surface area contributed by atoms with Crippen LogP contribution in [0.4, 0.5) is 5.69 Å². The van der Waals surface area contributed by atoms with E-state index in [0.717, 1.165) is 34.1 Å². The summed E-state index contributed by atoms with van der Waals surface area (Å²) in [6.45, 7) is 0. The Hall–Kier alpha value is -1.81. The Bertz CT molecular complexity index is 1250. The van der Waals surface area contributed by atoms with E-state index in [2.05, 4.69) is 52.0 Å². The van der Waals surface area contributed by atoms with Crippen LogP contribution in [-0.2, 0) is 21.6 Å². The maximum Gasteiger partial charge on any atom is 0.217 e. The summed E-state index contributed by atoms with van der Waals surface area (Å²) in [5, 5.41) is 3.85. The number of hydrogen-bond acceptors (Lipinski definition) is 6. The van der Waals surface area contributed by atoms with Crippen LogP contribution in [0.5, 0.6) is 0 Å². The van der Waals surface area contributed by atoms with E-state index in [1.54, 1.807) is 11.8 Å². The van der Waals surface area contributed by atoms with Crippen molar-refractivity contribution in [3.63, 3.8) is 0 Å². The lowest BCUT2D eigenvalue weighted by molar-refractivity contribution is -0.646. The van der Waals surface area contributed by atoms with Crippen molar-refractivity contribution in [2.45, 2.75) is 4.90 Å². The molecule has 0 spiro atoms. The fourth-order valence-corrected chi connectivity index (χ4v) is 4.32. The van der Waals surface area contributed by atoms with Crippen molar-refractivity contribution in [3.8, 4) is 0 Å². The Labute approximate surface area is 189 Å². The Morgan fingerprint density at radius 3 is 2.37 bits per heavy atom. The highest BCUT2D eigenvalue weighted by atomic mass is 35.5. The van der Waals surface area contributed by atoms with E-state index in [1.165, 1.54) is 15.3 Å². The zero-order valence-electron chi connectivity index (χ0n) is 16.3. The van der Waals surface area contributed by atoms with Crippen LogP contribution >= 0.6 is 35.0 Å². The van der Waals surface area contributed by atoms with Crippen molar-refractivity contribution in [2.24, 2.45) is 7.05 Å². The molecule has 6 nitrogen and oxygen atoms in total. The second-order valence-corrected chi connectivity index (χ2v) is 9.44. The molecule has 2 aromatic carbocycles. The molecule has 0 unspecified atom stereocenters. The third-order valence-electron chi connectivity index (χ3n) is 4.48. The first-order chi connectivity index (χ1) is 14.1. The zero-order chi connectivity index (χ0) is 22.1. The molecule has 0 saturated heterocycles. The number of rotatable bonds is 2. The van der Waals surface area contributed by atoms with E-state index < -0.39 is 10.4 Å². The monoisotopic (exact) mass is 484 g/mol. The molecule has 1 aliphatic heterocycles. The summed E-state index contributed by atoms with van der Waals surface area (Å²) >= 11 is 14.0. The van der Waals surface area contributed by atoms with Gasteiger partial charge in [-0.25, -0.2) is 8.42 Å². The number of anilines is 1. The van der Waals surface area contributed by atoms with Gasteiger partial charge in [0.1, 0.15) is 7.05 Å². The summed E-state index contributed by atoms with van der Waals surface area (Å²) in [5.41, 5.74) is 3.38. The van der Waals surface area contributed by atoms with Crippen LogP contribution in [0.15, 0.2) is 58.5 Å². The van der Waals surface area contributed by atoms with Crippen molar-refractivity contribution in [1.29, 1.82) is 0 Å². The highest BCUT2D eigenvalue weighted by Crippen LogP contribution is 2.46. The SMILES string of the molecule is CN1/C(=C/c2ccc3ccc(Cl)cc3[n+]2C)Sc2ccc(Cl)cc21.COS(=O)(=O)[O-]. The standard InChI is InChI=1S/C19H15Cl2N2S.CH4O4S/c1-22-15(7-4-12-3-5-13(20)9-16(12)22)11-19-23(2)17-10-14(21)6-8-18(17)24-19;1-5-6(2,3)4/h3-11H,1-2H3;1H3,(H,2,3,4)/q+1;/p-1. The molecule has 4 rings (SSSR count). The highest BCUT2D eigenvalue weighted by molar-refractivity contribution is 8.03. The number of hydrogen-bond donors (Lipinski definition) is 0. The molecule has 30 heavy (non-hydrogen) atoms. The van der Waals surface area contributed by atoms with E-state index in [9.17, 15) is 13.0 Å². The Morgan fingerprint density at radius 1 is 1.10 bits per heavy atom. The molecule has 0 bridgehead atoms. The van der Waals surface area contributed by atoms with Crippen molar-refractivity contribution in [1.82, 2.24) is 0 Å². The summed E-state index contributed by atoms with van der Waals surface area (Å²) in [4.78, 5) is 3.40. The molecule has 3 aromatic rings. The van der Waals surface area contributed by atoms with Gasteiger partial charge in [-0.15, -0.1) is 0 Å². The lowest BCUT2D eigenvalue weighted by Crippen LogP contribution is -2.33. The third-order valence-corrected chi connectivity index (χ3v) is 6.52. The van der Waals surface area contributed by atoms with Crippen LogP contribution in [0.1, 0.15) is 5.69 Å². The van der Waals surface area contributed by atoms with Gasteiger partial charge in [0.25, 0.3) is 0 Å². The molecule has 0 atom stereocenters. The molecule has 1 aliphatic rings. The van der Waals surface area contributed by atoms with Crippen LogP contribution in [0.2, 0.25) is 10.0 Å². The average Bonchev–Trinajstić information content (AvgIpc) is 2.99. The van der Waals surface area contributed by atoms with Crippen molar-refractivity contribution in [3.05, 3.63) is 69.3 Å². The minimum absolute atomic E-state index is 0.748. The van der Waals surface area contributed by atoms with Gasteiger partial charge in [-0.05, 0) is 36.4 Å². The van der Waals surface area contributed by atoms with E-state index in [4.69, 9.17) is 23.2 Å². The smallest absolute Gasteiger partial charge is 0.217 e. The number of halogens is 2. The number of fused-ring (bicyclic) bond motifs is 2. The predicted molar refractivity (Wildman–Crippen MR) is 121 cm³/mol. The largest absolute Gasteiger partial charge is 0.726 e. The number of benzene rings is 2. The molecule has 0 radical (unpaired) electrons. The fourth-order valence-electron chi connectivity index (χ4n) is 2.91. The van der Waals surface area contributed by atoms with Crippen LogP contribution < -0.4 is 9.47 Å². The summed E-state index contributed by atoms with van der Waals surface area (Å²) in [6, 6.07) is 16.2. The van der Waals surface area contributed by atoms with Crippen LogP contribution in [-0.4, -0.2) is 27.1 Å². The quantitative estimate of drug-likeness (QED) is 0.300. The van der Waals surface area contributed by atoms with Gasteiger partial charge in [0.2, 0.25) is 21.6 Å². The van der Waals surface area contributed by atoms with Gasteiger partial charge in [0, 0.05) is 45.6 Å². The third kappa shape index (κ3) is 5.26. The molecular formula is C20H18Cl2N2O4S2. The zero-order valence-corrected chi connectivity index (χ0v) is 19.4. The molecule has 10 heteroatoms. The van der Waals surface area contributed by atoms with Gasteiger partial charge in [-0.2, -0.15) is 4.57 Å². The average molecular weight is 485 g/mol. The lowest BCUT2D eigenvalue weighted by atomic mass is 10.2. The first kappa shape index (κ1) is 22.9. The maximum absolute atomic E-state index is 9.22. The van der Waals surface area contributed by atoms with Crippen LogP contribution in [0.3, 0.4) is 0 Å². The minimum atomic E-state index is -4.41. The summed E-state index contributed by atoms with van der Waals surface area (Å²) in [6.07, 6.45) is 2.19. The molecule has 158 valence electrons. The second kappa shape index (κ2) is 9.13. The second-order valence-electron chi connectivity index (χ2n) is 6.35. The van der Waals surface area contributed by atoms with Crippen molar-refractivity contribution >= 4 is 68.0 Å². The fraction of sp³-hybridized carbons (Fsp3) is 0.150. The van der Waals surface area contributed by atoms with Gasteiger partial charge in [-0.3, -0.25) is 4.18 Å². The molecule has 0 fully saturated rings. The molecule has 1 aromatic heterocycles. The van der Waals surface area contributed by atoms with E-state index >= 15 is 0 Å². The minimum Gasteiger partial charge on any atom is -0.726 e. The molecule has 0 aliphatic carbocycles. The van der Waals surface area contributed by atoms with E-state index in [0.29, 0.717) is 0 Å². The maximum atomic E-state index is 9.22. The van der Waals surface area contributed by atoms with Crippen LogP contribution in [0.25, 0.3) is 17.0 Å². The Kier molecular flexibility index (Phi) is 6.96. The number of pyridine rings is 1. The normalized spacial score (nSPS) is 14.6. The van der Waals surface area contributed by atoms with Crippen molar-refractivity contribution in [2.75, 3.05) is 19.1 Å². The lowest BCUT2D eigenvalue weighted by Gasteiger charge is -2.13. The molecular weight excluding hydrogens is 467 g/mol. The van der Waals surface area contributed by atoms with Crippen molar-refractivity contribution < 1.29 is 21.7 Å². The van der Waals surface area contributed by atoms with E-state index in [-0.39, 0.29) is 0 Å². The first-order valence-electron chi connectivity index (χ1n) is 8.61. The Balaban J connectivity index is 0.000000377. The van der Waals surface area contributed by atoms with Gasteiger partial charge >= 0.3 is 0 Å². The topological polar surface area (TPSA) is 73.5 Å². The highest BCUT2D eigenvalue weighted by Gasteiger charge is 2.23. The van der Waals surface area contributed by atoms with Gasteiger partial charge in [-0.1, -0.05) is 35.0 Å². The molecule has 0 saturated carbocycles. The van der Waals surface area contributed by atoms with Gasteiger partial charge in [0.15, 0.2) is 0 Å².